The summed E-state index contributed by atoms with van der Waals surface area (Å²) in [6, 6.07) is 6.90. The van der Waals surface area contributed by atoms with Gasteiger partial charge in [-0.2, -0.15) is 9.40 Å². The number of hydrogen-bond donors (Lipinski definition) is 1. The standard InChI is InChI=1S/C18H21N7O3S/c26-18-2-1-16(15-3-5-19-6-4-15)22-25(18)12-9-23-7-10-24(11-8-23)29(27,28)17-13-20-14-21-17/h1-6,13-14H,7-12H2,(H,20,21). The van der Waals surface area contributed by atoms with Crippen molar-refractivity contribution in [3.05, 3.63) is 59.5 Å². The van der Waals surface area contributed by atoms with Gasteiger partial charge in [0, 0.05) is 56.7 Å². The monoisotopic (exact) mass is 415 g/mol. The van der Waals surface area contributed by atoms with E-state index >= 15 is 0 Å². The summed E-state index contributed by atoms with van der Waals surface area (Å²) < 4.78 is 28.0. The Morgan fingerprint density at radius 1 is 0.966 bits per heavy atom. The minimum absolute atomic E-state index is 0.106. The van der Waals surface area contributed by atoms with Gasteiger partial charge in [0.25, 0.3) is 15.6 Å². The van der Waals surface area contributed by atoms with Crippen LogP contribution in [0.4, 0.5) is 0 Å². The summed E-state index contributed by atoms with van der Waals surface area (Å²) >= 11 is 0. The third kappa shape index (κ3) is 4.26. The number of rotatable bonds is 6. The normalized spacial score (nSPS) is 16.1. The molecule has 0 aromatic carbocycles. The molecule has 11 heteroatoms. The van der Waals surface area contributed by atoms with Crippen molar-refractivity contribution in [1.82, 2.24) is 33.9 Å². The zero-order valence-electron chi connectivity index (χ0n) is 15.7. The Morgan fingerprint density at radius 3 is 2.41 bits per heavy atom. The molecule has 4 rings (SSSR count). The van der Waals surface area contributed by atoms with Crippen LogP contribution >= 0.6 is 0 Å². The smallest absolute Gasteiger partial charge is 0.266 e. The number of imidazole rings is 1. The maximum Gasteiger partial charge on any atom is 0.266 e. The first kappa shape index (κ1) is 19.4. The van der Waals surface area contributed by atoms with Gasteiger partial charge < -0.3 is 4.98 Å². The van der Waals surface area contributed by atoms with Crippen molar-refractivity contribution in [1.29, 1.82) is 0 Å². The van der Waals surface area contributed by atoms with Gasteiger partial charge in [0.2, 0.25) is 0 Å². The van der Waals surface area contributed by atoms with Gasteiger partial charge >= 0.3 is 0 Å². The number of aromatic amines is 1. The molecule has 0 aliphatic carbocycles. The Kier molecular flexibility index (Phi) is 5.51. The number of pyridine rings is 1. The lowest BCUT2D eigenvalue weighted by molar-refractivity contribution is 0.180. The molecule has 3 aromatic heterocycles. The van der Waals surface area contributed by atoms with Crippen molar-refractivity contribution >= 4 is 10.0 Å². The molecule has 0 saturated carbocycles. The predicted octanol–water partition coefficient (Wildman–Crippen LogP) is 0.0349. The molecule has 0 bridgehead atoms. The van der Waals surface area contributed by atoms with Crippen LogP contribution in [0.1, 0.15) is 0 Å². The number of nitrogens with zero attached hydrogens (tertiary/aromatic N) is 6. The van der Waals surface area contributed by atoms with Gasteiger partial charge in [0.15, 0.2) is 5.03 Å². The zero-order chi connectivity index (χ0) is 20.3. The van der Waals surface area contributed by atoms with E-state index in [1.807, 2.05) is 12.1 Å². The van der Waals surface area contributed by atoms with Crippen LogP contribution in [-0.2, 0) is 16.6 Å². The molecule has 4 heterocycles. The zero-order valence-corrected chi connectivity index (χ0v) is 16.5. The van der Waals surface area contributed by atoms with E-state index in [-0.39, 0.29) is 10.6 Å². The third-order valence-corrected chi connectivity index (χ3v) is 6.72. The van der Waals surface area contributed by atoms with Gasteiger partial charge in [-0.1, -0.05) is 0 Å². The molecule has 0 radical (unpaired) electrons. The van der Waals surface area contributed by atoms with Crippen LogP contribution in [0.2, 0.25) is 0 Å². The van der Waals surface area contributed by atoms with Crippen molar-refractivity contribution in [2.75, 3.05) is 32.7 Å². The van der Waals surface area contributed by atoms with Crippen LogP contribution in [0.5, 0.6) is 0 Å². The molecule has 1 fully saturated rings. The molecule has 0 unspecified atom stereocenters. The topological polar surface area (TPSA) is 117 Å². The summed E-state index contributed by atoms with van der Waals surface area (Å²) in [5, 5.41) is 4.55. The largest absolute Gasteiger partial charge is 0.335 e. The maximum atomic E-state index is 12.5. The summed E-state index contributed by atoms with van der Waals surface area (Å²) in [6.07, 6.45) is 6.04. The van der Waals surface area contributed by atoms with Crippen molar-refractivity contribution in [3.8, 4) is 11.3 Å². The molecule has 0 spiro atoms. The lowest BCUT2D eigenvalue weighted by Gasteiger charge is -2.33. The Labute approximate surface area is 167 Å². The number of hydrogen-bond acceptors (Lipinski definition) is 7. The van der Waals surface area contributed by atoms with Crippen molar-refractivity contribution in [3.63, 3.8) is 0 Å². The molecule has 1 aliphatic rings. The van der Waals surface area contributed by atoms with E-state index in [2.05, 4.69) is 25.0 Å². The highest BCUT2D eigenvalue weighted by atomic mass is 32.2. The van der Waals surface area contributed by atoms with Crippen LogP contribution in [0.3, 0.4) is 0 Å². The molecular weight excluding hydrogens is 394 g/mol. The molecule has 1 aliphatic heterocycles. The van der Waals surface area contributed by atoms with E-state index in [1.165, 1.54) is 27.6 Å². The van der Waals surface area contributed by atoms with Crippen LogP contribution in [0.15, 0.2) is 59.0 Å². The van der Waals surface area contributed by atoms with E-state index < -0.39 is 10.0 Å². The SMILES string of the molecule is O=c1ccc(-c2ccncc2)nn1CCN1CCN(S(=O)(=O)c2cnc[nH]2)CC1. The number of piperazine rings is 1. The highest BCUT2D eigenvalue weighted by Gasteiger charge is 2.29. The van der Waals surface area contributed by atoms with Crippen LogP contribution in [-0.4, -0.2) is 75.1 Å². The number of nitrogens with one attached hydrogen (secondary N) is 1. The quantitative estimate of drug-likeness (QED) is 0.604. The van der Waals surface area contributed by atoms with E-state index in [4.69, 9.17) is 0 Å². The highest BCUT2D eigenvalue weighted by Crippen LogP contribution is 2.15. The Bertz CT molecular complexity index is 1110. The fraction of sp³-hybridized carbons (Fsp3) is 0.333. The second kappa shape index (κ2) is 8.23. The van der Waals surface area contributed by atoms with Crippen molar-refractivity contribution in [2.45, 2.75) is 11.6 Å². The average Bonchev–Trinajstić information content (AvgIpc) is 3.30. The first-order chi connectivity index (χ1) is 14.0. The van der Waals surface area contributed by atoms with Gasteiger partial charge in [0.05, 0.1) is 24.8 Å². The summed E-state index contributed by atoms with van der Waals surface area (Å²) in [5.74, 6) is 0. The van der Waals surface area contributed by atoms with Crippen LogP contribution in [0, 0.1) is 0 Å². The fourth-order valence-corrected chi connectivity index (χ4v) is 4.56. The van der Waals surface area contributed by atoms with Crippen LogP contribution in [0.25, 0.3) is 11.3 Å². The third-order valence-electron chi connectivity index (χ3n) is 4.89. The van der Waals surface area contributed by atoms with E-state index in [9.17, 15) is 13.2 Å². The fourth-order valence-electron chi connectivity index (χ4n) is 3.24. The summed E-state index contributed by atoms with van der Waals surface area (Å²) in [6.45, 7) is 3.01. The predicted molar refractivity (Wildman–Crippen MR) is 106 cm³/mol. The van der Waals surface area contributed by atoms with Gasteiger partial charge in [-0.25, -0.2) is 18.1 Å². The first-order valence-electron chi connectivity index (χ1n) is 9.23. The number of H-pyrrole nitrogens is 1. The molecule has 0 amide bonds. The molecule has 1 N–H and O–H groups in total. The van der Waals surface area contributed by atoms with Crippen molar-refractivity contribution < 1.29 is 8.42 Å². The Balaban J connectivity index is 1.37. The van der Waals surface area contributed by atoms with Crippen molar-refractivity contribution in [2.24, 2.45) is 0 Å². The molecule has 3 aromatic rings. The summed E-state index contributed by atoms with van der Waals surface area (Å²) in [4.78, 5) is 24.7. The molecule has 10 nitrogen and oxygen atoms in total. The van der Waals surface area contributed by atoms with E-state index in [0.29, 0.717) is 45.0 Å². The summed E-state index contributed by atoms with van der Waals surface area (Å²) in [7, 11) is -3.54. The second-order valence-corrected chi connectivity index (χ2v) is 8.58. The van der Waals surface area contributed by atoms with E-state index in [0.717, 1.165) is 5.56 Å². The molecule has 152 valence electrons. The summed E-state index contributed by atoms with van der Waals surface area (Å²) in [5.41, 5.74) is 1.44. The number of aromatic nitrogens is 5. The Hall–Kier alpha value is -2.89. The van der Waals surface area contributed by atoms with Gasteiger partial charge in [-0.05, 0) is 18.2 Å². The average molecular weight is 415 g/mol. The molecular formula is C18H21N7O3S. The highest BCUT2D eigenvalue weighted by molar-refractivity contribution is 7.89. The van der Waals surface area contributed by atoms with Gasteiger partial charge in [-0.3, -0.25) is 14.7 Å². The van der Waals surface area contributed by atoms with Gasteiger partial charge in [-0.15, -0.1) is 0 Å². The lowest BCUT2D eigenvalue weighted by Crippen LogP contribution is -2.49. The number of sulfonamides is 1. The minimum atomic E-state index is -3.54. The molecule has 29 heavy (non-hydrogen) atoms. The van der Waals surface area contributed by atoms with Gasteiger partial charge in [0.1, 0.15) is 0 Å². The molecule has 0 atom stereocenters. The van der Waals surface area contributed by atoms with E-state index in [1.54, 1.807) is 18.5 Å². The second-order valence-electron chi connectivity index (χ2n) is 6.68. The maximum absolute atomic E-state index is 12.5. The molecule has 1 saturated heterocycles. The Morgan fingerprint density at radius 2 is 1.72 bits per heavy atom. The van der Waals surface area contributed by atoms with Crippen LogP contribution < -0.4 is 5.56 Å². The first-order valence-corrected chi connectivity index (χ1v) is 10.7. The minimum Gasteiger partial charge on any atom is -0.335 e. The lowest BCUT2D eigenvalue weighted by atomic mass is 10.2.